The van der Waals surface area contributed by atoms with E-state index in [1.807, 2.05) is 12.1 Å². The number of rotatable bonds is 17. The molecule has 0 aliphatic rings. The van der Waals surface area contributed by atoms with Crippen molar-refractivity contribution in [3.05, 3.63) is 29.8 Å². The van der Waals surface area contributed by atoms with Gasteiger partial charge < -0.3 is 5.32 Å². The van der Waals surface area contributed by atoms with Crippen LogP contribution in [0.4, 0.5) is 18.9 Å². The number of hydrogen-bond donors (Lipinski definition) is 1. The Kier molecular flexibility index (Phi) is 17.2. The molecule has 2 nitrogen and oxygen atoms in total. The number of carbonyl (C=O) groups excluding carboxylic acids is 1. The van der Waals surface area contributed by atoms with E-state index in [0.29, 0.717) is 12.0 Å². The van der Waals surface area contributed by atoms with Gasteiger partial charge in [-0.2, -0.15) is 13.2 Å². The molecule has 0 saturated carbocycles. The number of alkyl halides is 3. The highest BCUT2D eigenvalue weighted by Gasteiger charge is 2.25. The number of benzene rings is 1. The van der Waals surface area contributed by atoms with Crippen molar-refractivity contribution >= 4 is 34.9 Å². The van der Waals surface area contributed by atoms with Gasteiger partial charge in [-0.15, -0.1) is 12.4 Å². The van der Waals surface area contributed by atoms with Gasteiger partial charge in [-0.1, -0.05) is 70.6 Å². The molecule has 0 aromatic heterocycles. The largest absolute Gasteiger partial charge is 0.389 e. The molecule has 1 aromatic rings. The van der Waals surface area contributed by atoms with E-state index in [2.05, 4.69) is 5.32 Å². The summed E-state index contributed by atoms with van der Waals surface area (Å²) >= 11 is 5.42. The van der Waals surface area contributed by atoms with Crippen LogP contribution in [0.25, 0.3) is 0 Å². The molecule has 0 aliphatic carbocycles. The maximum Gasteiger partial charge on any atom is 0.389 e. The molecule has 0 unspecified atom stereocenters. The molecule has 1 N–H and O–H groups in total. The fourth-order valence-electron chi connectivity index (χ4n) is 3.35. The highest BCUT2D eigenvalue weighted by atomic mass is 35.5. The van der Waals surface area contributed by atoms with E-state index in [9.17, 15) is 18.0 Å². The molecule has 0 amide bonds. The average molecular weight is 470 g/mol. The smallest absolute Gasteiger partial charge is 0.385 e. The van der Waals surface area contributed by atoms with Crippen LogP contribution in [0.1, 0.15) is 100 Å². The predicted molar refractivity (Wildman–Crippen MR) is 123 cm³/mol. The summed E-state index contributed by atoms with van der Waals surface area (Å²) in [5.74, 6) is 0. The van der Waals surface area contributed by atoms with Crippen LogP contribution in [0.5, 0.6) is 0 Å². The van der Waals surface area contributed by atoms with E-state index in [0.717, 1.165) is 37.9 Å². The number of nitrogens with one attached hydrogen (secondary N) is 1. The summed E-state index contributed by atoms with van der Waals surface area (Å²) in [6, 6.07) is 7.20. The van der Waals surface area contributed by atoms with Gasteiger partial charge in [-0.3, -0.25) is 4.79 Å². The molecule has 0 spiro atoms. The van der Waals surface area contributed by atoms with E-state index in [1.54, 1.807) is 12.1 Å². The Morgan fingerprint density at radius 2 is 1.13 bits per heavy atom. The molecule has 0 radical (unpaired) electrons. The molecule has 30 heavy (non-hydrogen) atoms. The molecule has 1 rings (SSSR count). The fraction of sp³-hybridized carbons (Fsp3) is 0.696. The van der Waals surface area contributed by atoms with Gasteiger partial charge in [0.2, 0.25) is 0 Å². The SMILES string of the molecule is Cl.O=C(Cl)c1ccc(NCCCCCCCCCCCCCCCC(F)(F)F)cc1. The Bertz CT molecular complexity index is 550. The Balaban J connectivity index is 0.00000841. The molecule has 174 valence electrons. The summed E-state index contributed by atoms with van der Waals surface area (Å²) in [5, 5.41) is 2.92. The van der Waals surface area contributed by atoms with E-state index in [-0.39, 0.29) is 18.8 Å². The summed E-state index contributed by atoms with van der Waals surface area (Å²) in [5.41, 5.74) is 1.52. The van der Waals surface area contributed by atoms with Crippen molar-refractivity contribution in [1.29, 1.82) is 0 Å². The first-order valence-electron chi connectivity index (χ1n) is 11.0. The molecular formula is C23H36Cl2F3NO. The molecule has 1 aromatic carbocycles. The van der Waals surface area contributed by atoms with Gasteiger partial charge >= 0.3 is 6.18 Å². The van der Waals surface area contributed by atoms with Crippen molar-refractivity contribution in [1.82, 2.24) is 0 Å². The molecule has 0 heterocycles. The Labute approximate surface area is 190 Å². The van der Waals surface area contributed by atoms with Crippen LogP contribution >= 0.6 is 24.0 Å². The van der Waals surface area contributed by atoms with Crippen LogP contribution in [0.3, 0.4) is 0 Å². The Morgan fingerprint density at radius 3 is 1.53 bits per heavy atom. The first-order valence-corrected chi connectivity index (χ1v) is 11.4. The van der Waals surface area contributed by atoms with Crippen LogP contribution in [-0.2, 0) is 0 Å². The van der Waals surface area contributed by atoms with Crippen LogP contribution in [0.15, 0.2) is 24.3 Å². The maximum absolute atomic E-state index is 12.0. The average Bonchev–Trinajstić information content (AvgIpc) is 2.67. The normalized spacial score (nSPS) is 11.2. The predicted octanol–water partition coefficient (Wildman–Crippen LogP) is 8.92. The molecule has 7 heteroatoms. The van der Waals surface area contributed by atoms with E-state index in [1.165, 1.54) is 44.9 Å². The topological polar surface area (TPSA) is 29.1 Å². The van der Waals surface area contributed by atoms with Crippen LogP contribution < -0.4 is 5.32 Å². The minimum absolute atomic E-state index is 0. The molecular weight excluding hydrogens is 434 g/mol. The molecule has 0 atom stereocenters. The van der Waals surface area contributed by atoms with Gasteiger partial charge in [0, 0.05) is 24.2 Å². The minimum Gasteiger partial charge on any atom is -0.385 e. The minimum atomic E-state index is -3.99. The second kappa shape index (κ2) is 17.7. The van der Waals surface area contributed by atoms with Crippen LogP contribution in [-0.4, -0.2) is 18.0 Å². The molecule has 0 fully saturated rings. The highest BCUT2D eigenvalue weighted by molar-refractivity contribution is 6.67. The van der Waals surface area contributed by atoms with Crippen molar-refractivity contribution in [3.8, 4) is 0 Å². The van der Waals surface area contributed by atoms with Crippen molar-refractivity contribution in [2.75, 3.05) is 11.9 Å². The Hall–Kier alpha value is -0.940. The van der Waals surface area contributed by atoms with Gasteiger partial charge in [-0.25, -0.2) is 0 Å². The third-order valence-corrected chi connectivity index (χ3v) is 5.30. The zero-order chi connectivity index (χ0) is 21.4. The van der Waals surface area contributed by atoms with Crippen molar-refractivity contribution < 1.29 is 18.0 Å². The third-order valence-electron chi connectivity index (χ3n) is 5.08. The quantitative estimate of drug-likeness (QED) is 0.182. The number of carbonyl (C=O) groups is 1. The van der Waals surface area contributed by atoms with Crippen molar-refractivity contribution in [3.63, 3.8) is 0 Å². The van der Waals surface area contributed by atoms with Gasteiger partial charge in [0.15, 0.2) is 0 Å². The molecule has 0 bridgehead atoms. The lowest BCUT2D eigenvalue weighted by atomic mass is 10.0. The second-order valence-electron chi connectivity index (χ2n) is 7.74. The number of anilines is 1. The Morgan fingerprint density at radius 1 is 0.733 bits per heavy atom. The van der Waals surface area contributed by atoms with Gasteiger partial charge in [0.1, 0.15) is 0 Å². The first-order chi connectivity index (χ1) is 13.9. The summed E-state index contributed by atoms with van der Waals surface area (Å²) in [7, 11) is 0. The molecule has 0 aliphatic heterocycles. The number of unbranched alkanes of at least 4 members (excludes halogenated alkanes) is 12. The summed E-state index contributed by atoms with van der Waals surface area (Å²) < 4.78 is 36.0. The zero-order valence-electron chi connectivity index (χ0n) is 17.7. The van der Waals surface area contributed by atoms with E-state index in [4.69, 9.17) is 11.6 Å². The van der Waals surface area contributed by atoms with Gasteiger partial charge in [0.05, 0.1) is 0 Å². The van der Waals surface area contributed by atoms with Gasteiger partial charge in [-0.05, 0) is 48.7 Å². The van der Waals surface area contributed by atoms with Crippen molar-refractivity contribution in [2.45, 2.75) is 96.1 Å². The van der Waals surface area contributed by atoms with Gasteiger partial charge in [0.25, 0.3) is 5.24 Å². The zero-order valence-corrected chi connectivity index (χ0v) is 19.3. The number of halogens is 5. The van der Waals surface area contributed by atoms with Crippen LogP contribution in [0.2, 0.25) is 0 Å². The first kappa shape index (κ1) is 29.1. The van der Waals surface area contributed by atoms with Crippen molar-refractivity contribution in [2.24, 2.45) is 0 Å². The highest BCUT2D eigenvalue weighted by Crippen LogP contribution is 2.23. The monoisotopic (exact) mass is 469 g/mol. The summed E-state index contributed by atoms with van der Waals surface area (Å²) in [4.78, 5) is 11.0. The standard InChI is InChI=1S/C23H35ClF3NO.ClH/c24-22(29)20-14-16-21(17-15-20)28-19-13-11-9-7-5-3-1-2-4-6-8-10-12-18-23(25,26)27;/h14-17,28H,1-13,18-19H2;1H. The fourth-order valence-corrected chi connectivity index (χ4v) is 3.47. The maximum atomic E-state index is 12.0. The van der Waals surface area contributed by atoms with E-state index >= 15 is 0 Å². The number of hydrogen-bond acceptors (Lipinski definition) is 2. The summed E-state index contributed by atoms with van der Waals surface area (Å²) in [6.07, 6.45) is 9.34. The summed E-state index contributed by atoms with van der Waals surface area (Å²) in [6.45, 7) is 0.928. The lowest BCUT2D eigenvalue weighted by molar-refractivity contribution is -0.135. The lowest BCUT2D eigenvalue weighted by Crippen LogP contribution is -2.06. The molecule has 0 saturated heterocycles. The third kappa shape index (κ3) is 16.8. The van der Waals surface area contributed by atoms with Crippen LogP contribution in [0, 0.1) is 0 Å². The lowest BCUT2D eigenvalue weighted by Gasteiger charge is -2.07. The van der Waals surface area contributed by atoms with E-state index < -0.39 is 17.8 Å². The second-order valence-corrected chi connectivity index (χ2v) is 8.08.